The van der Waals surface area contributed by atoms with Crippen molar-refractivity contribution >= 4 is 48.3 Å². The predicted molar refractivity (Wildman–Crippen MR) is 185 cm³/mol. The summed E-state index contributed by atoms with van der Waals surface area (Å²) in [6.07, 6.45) is -0.693. The number of carbonyl (C=O) groups excluding carboxylic acids is 4. The Morgan fingerprint density at radius 3 is 1.96 bits per heavy atom. The summed E-state index contributed by atoms with van der Waals surface area (Å²) in [5.74, 6) is -3.73. The molecule has 0 unspecified atom stereocenters. The van der Waals surface area contributed by atoms with Crippen molar-refractivity contribution in [2.75, 3.05) is 13.2 Å². The van der Waals surface area contributed by atoms with Gasteiger partial charge >= 0.3 is 19.8 Å². The van der Waals surface area contributed by atoms with Gasteiger partial charge < -0.3 is 30.3 Å². The zero-order valence-corrected chi connectivity index (χ0v) is 28.3. The summed E-state index contributed by atoms with van der Waals surface area (Å²) >= 11 is 0. The minimum atomic E-state index is -4.80. The summed E-state index contributed by atoms with van der Waals surface area (Å²) in [5.41, 5.74) is 2.00. The molecule has 51 heavy (non-hydrogen) atoms. The van der Waals surface area contributed by atoms with E-state index in [0.29, 0.717) is 5.56 Å². The SMILES string of the molecule is O=C(O)CCC(=O)OCCNC(=O)[C@H](Cc1ccc(OP(=O)(O)O)cc1)NC(=O)[C@H](Cc1ccccc1)NC(=O)Cc1ccc2ccccc2c1. The summed E-state index contributed by atoms with van der Waals surface area (Å²) in [6, 6.07) is 25.7. The van der Waals surface area contributed by atoms with E-state index in [4.69, 9.17) is 19.6 Å². The molecule has 0 aliphatic heterocycles. The van der Waals surface area contributed by atoms with Gasteiger partial charge in [-0.1, -0.05) is 84.9 Å². The summed E-state index contributed by atoms with van der Waals surface area (Å²) in [6.45, 7) is -0.393. The lowest BCUT2D eigenvalue weighted by molar-refractivity contribution is -0.147. The van der Waals surface area contributed by atoms with Crippen molar-refractivity contribution in [3.05, 3.63) is 114 Å². The molecule has 4 aromatic carbocycles. The van der Waals surface area contributed by atoms with Crippen molar-refractivity contribution in [2.45, 2.75) is 44.2 Å². The molecule has 0 bridgehead atoms. The Labute approximate surface area is 293 Å². The van der Waals surface area contributed by atoms with Gasteiger partial charge in [-0.3, -0.25) is 33.8 Å². The first-order valence-electron chi connectivity index (χ1n) is 15.9. The van der Waals surface area contributed by atoms with Gasteiger partial charge in [0.05, 0.1) is 25.8 Å². The molecule has 4 aromatic rings. The Kier molecular flexibility index (Phi) is 13.8. The lowest BCUT2D eigenvalue weighted by atomic mass is 10.0. The number of aliphatic carboxylic acids is 1. The molecule has 0 spiro atoms. The second kappa shape index (κ2) is 18.4. The fourth-order valence-corrected chi connectivity index (χ4v) is 5.52. The van der Waals surface area contributed by atoms with Crippen molar-refractivity contribution in [1.29, 1.82) is 0 Å². The number of fused-ring (bicyclic) bond motifs is 1. The highest BCUT2D eigenvalue weighted by atomic mass is 31.2. The Bertz CT molecular complexity index is 1880. The number of esters is 1. The summed E-state index contributed by atoms with van der Waals surface area (Å²) in [4.78, 5) is 81.2. The standard InChI is InChI=1S/C36H38N3O11P/c40-32(23-26-10-13-27-8-4-5-9-28(27)20-26)38-31(21-24-6-2-1-3-7-24)36(45)39-30(22-25-11-14-29(15-12-25)50-51(46,47)48)35(44)37-18-19-49-34(43)17-16-33(41)42/h1-15,20,30-31H,16-19,21-23H2,(H,37,44)(H,38,40)(H,39,45)(H,41,42)(H2,46,47,48)/t30-,31-/m0/s1. The van der Waals surface area contributed by atoms with Crippen LogP contribution in [-0.2, 0) is 52.5 Å². The molecule has 0 fully saturated rings. The summed E-state index contributed by atoms with van der Waals surface area (Å²) in [7, 11) is -4.80. The van der Waals surface area contributed by atoms with Gasteiger partial charge in [0, 0.05) is 12.8 Å². The second-order valence-electron chi connectivity index (χ2n) is 11.6. The van der Waals surface area contributed by atoms with E-state index >= 15 is 0 Å². The van der Waals surface area contributed by atoms with Crippen LogP contribution in [0.2, 0.25) is 0 Å². The molecule has 0 saturated carbocycles. The molecule has 0 heterocycles. The van der Waals surface area contributed by atoms with Gasteiger partial charge in [-0.2, -0.15) is 0 Å². The van der Waals surface area contributed by atoms with Gasteiger partial charge in [-0.25, -0.2) is 4.57 Å². The first-order chi connectivity index (χ1) is 24.3. The van der Waals surface area contributed by atoms with Gasteiger partial charge in [0.1, 0.15) is 24.4 Å². The number of rotatable bonds is 18. The molecule has 0 saturated heterocycles. The molecule has 15 heteroatoms. The minimum Gasteiger partial charge on any atom is -0.481 e. The predicted octanol–water partition coefficient (Wildman–Crippen LogP) is 2.83. The van der Waals surface area contributed by atoms with Crippen LogP contribution >= 0.6 is 7.82 Å². The monoisotopic (exact) mass is 719 g/mol. The maximum atomic E-state index is 13.8. The Morgan fingerprint density at radius 1 is 0.686 bits per heavy atom. The molecule has 0 aliphatic carbocycles. The lowest BCUT2D eigenvalue weighted by Crippen LogP contribution is -2.55. The number of phosphoric acid groups is 1. The number of benzene rings is 4. The highest BCUT2D eigenvalue weighted by molar-refractivity contribution is 7.46. The van der Waals surface area contributed by atoms with Crippen molar-refractivity contribution in [3.8, 4) is 5.75 Å². The van der Waals surface area contributed by atoms with Crippen molar-refractivity contribution in [2.24, 2.45) is 0 Å². The Morgan fingerprint density at radius 2 is 1.29 bits per heavy atom. The molecule has 0 radical (unpaired) electrons. The van der Waals surface area contributed by atoms with E-state index in [-0.39, 0.29) is 44.6 Å². The van der Waals surface area contributed by atoms with Gasteiger partial charge in [0.15, 0.2) is 0 Å². The first-order valence-corrected chi connectivity index (χ1v) is 17.5. The molecule has 0 aromatic heterocycles. The number of hydrogen-bond acceptors (Lipinski definition) is 8. The van der Waals surface area contributed by atoms with Crippen molar-refractivity contribution in [3.63, 3.8) is 0 Å². The molecule has 0 aliphatic rings. The molecule has 3 amide bonds. The number of amides is 3. The van der Waals surface area contributed by atoms with Crippen LogP contribution in [0.1, 0.15) is 29.5 Å². The van der Waals surface area contributed by atoms with E-state index in [1.54, 1.807) is 24.3 Å². The smallest absolute Gasteiger partial charge is 0.481 e. The number of carboxylic acid groups (broad SMARTS) is 1. The molecule has 4 rings (SSSR count). The van der Waals surface area contributed by atoms with E-state index in [9.17, 15) is 28.5 Å². The third-order valence-corrected chi connectivity index (χ3v) is 7.99. The Balaban J connectivity index is 1.49. The van der Waals surface area contributed by atoms with Crippen LogP contribution in [0, 0.1) is 0 Å². The third-order valence-electron chi connectivity index (χ3n) is 7.54. The molecular weight excluding hydrogens is 681 g/mol. The number of hydrogen-bond donors (Lipinski definition) is 6. The molecule has 14 nitrogen and oxygen atoms in total. The second-order valence-corrected chi connectivity index (χ2v) is 12.7. The van der Waals surface area contributed by atoms with Gasteiger partial charge in [-0.05, 0) is 39.6 Å². The van der Waals surface area contributed by atoms with E-state index < -0.39 is 56.0 Å². The zero-order valence-electron chi connectivity index (χ0n) is 27.4. The molecule has 6 N–H and O–H groups in total. The zero-order chi connectivity index (χ0) is 36.8. The first kappa shape index (κ1) is 38.2. The maximum Gasteiger partial charge on any atom is 0.524 e. The van der Waals surface area contributed by atoms with E-state index in [2.05, 4.69) is 20.5 Å². The number of phosphoric ester groups is 1. The topological polar surface area (TPSA) is 218 Å². The van der Waals surface area contributed by atoms with Crippen molar-refractivity contribution < 1.29 is 52.7 Å². The third kappa shape index (κ3) is 13.3. The maximum absolute atomic E-state index is 13.8. The van der Waals surface area contributed by atoms with Crippen LogP contribution < -0.4 is 20.5 Å². The van der Waals surface area contributed by atoms with Gasteiger partial charge in [-0.15, -0.1) is 0 Å². The highest BCUT2D eigenvalue weighted by Gasteiger charge is 2.28. The van der Waals surface area contributed by atoms with Gasteiger partial charge in [0.2, 0.25) is 17.7 Å². The van der Waals surface area contributed by atoms with Gasteiger partial charge in [0.25, 0.3) is 0 Å². The minimum absolute atomic E-state index is 0.00152. The fraction of sp³-hybridized carbons (Fsp3) is 0.250. The van der Waals surface area contributed by atoms with Crippen molar-refractivity contribution in [1.82, 2.24) is 16.0 Å². The highest BCUT2D eigenvalue weighted by Crippen LogP contribution is 2.37. The average molecular weight is 720 g/mol. The number of nitrogens with one attached hydrogen (secondary N) is 3. The van der Waals surface area contributed by atoms with E-state index in [0.717, 1.165) is 21.9 Å². The Hall–Kier alpha value is -5.56. The van der Waals surface area contributed by atoms with Crippen LogP contribution in [0.15, 0.2) is 97.1 Å². The molecular formula is C36H38N3O11P. The molecule has 268 valence electrons. The normalized spacial score (nSPS) is 12.3. The van der Waals surface area contributed by atoms with Crippen LogP contribution in [-0.4, -0.2) is 69.8 Å². The summed E-state index contributed by atoms with van der Waals surface area (Å²) in [5, 5.41) is 18.8. The van der Waals surface area contributed by atoms with E-state index in [1.807, 2.05) is 48.5 Å². The fourth-order valence-electron chi connectivity index (χ4n) is 5.12. The number of carbonyl (C=O) groups is 5. The number of ether oxygens (including phenoxy) is 1. The van der Waals surface area contributed by atoms with E-state index in [1.165, 1.54) is 24.3 Å². The lowest BCUT2D eigenvalue weighted by Gasteiger charge is -2.24. The average Bonchev–Trinajstić information content (AvgIpc) is 3.09. The van der Waals surface area contributed by atoms with Crippen LogP contribution in [0.25, 0.3) is 10.8 Å². The number of carboxylic acids is 1. The largest absolute Gasteiger partial charge is 0.524 e. The van der Waals surface area contributed by atoms with Crippen LogP contribution in [0.5, 0.6) is 5.75 Å². The van der Waals surface area contributed by atoms with Crippen LogP contribution in [0.4, 0.5) is 0 Å². The summed E-state index contributed by atoms with van der Waals surface area (Å²) < 4.78 is 20.8. The molecule has 2 atom stereocenters. The van der Waals surface area contributed by atoms with Crippen LogP contribution in [0.3, 0.4) is 0 Å². The quantitative estimate of drug-likeness (QED) is 0.0499.